The van der Waals surface area contributed by atoms with E-state index in [1.807, 2.05) is 6.92 Å². The zero-order valence-electron chi connectivity index (χ0n) is 8.37. The van der Waals surface area contributed by atoms with Gasteiger partial charge in [-0.3, -0.25) is 0 Å². The first-order chi connectivity index (χ1) is 5.54. The molecule has 4 heteroatoms. The third-order valence-corrected chi connectivity index (χ3v) is 1.98. The Morgan fingerprint density at radius 3 is 2.17 bits per heavy atom. The summed E-state index contributed by atoms with van der Waals surface area (Å²) in [6.07, 6.45) is 0.895. The largest absolute Gasteiger partial charge is 0.331 e. The number of hydrogen-bond acceptors (Lipinski definition) is 2. The molecule has 4 nitrogen and oxygen atoms in total. The summed E-state index contributed by atoms with van der Waals surface area (Å²) < 4.78 is 0. The lowest BCUT2D eigenvalue weighted by molar-refractivity contribution is 0.163. The van der Waals surface area contributed by atoms with Crippen LogP contribution in [0, 0.1) is 0 Å². The Balaban J connectivity index is 4.15. The van der Waals surface area contributed by atoms with Crippen LogP contribution in [0.15, 0.2) is 0 Å². The van der Waals surface area contributed by atoms with E-state index in [4.69, 9.17) is 5.73 Å². The summed E-state index contributed by atoms with van der Waals surface area (Å²) in [5, 5.41) is 0. The fourth-order valence-electron chi connectivity index (χ4n) is 1.07. The summed E-state index contributed by atoms with van der Waals surface area (Å²) in [7, 11) is 5.26. The van der Waals surface area contributed by atoms with Crippen molar-refractivity contribution in [1.29, 1.82) is 0 Å². The van der Waals surface area contributed by atoms with E-state index in [2.05, 4.69) is 0 Å². The van der Waals surface area contributed by atoms with Crippen LogP contribution in [0.25, 0.3) is 0 Å². The lowest BCUT2D eigenvalue weighted by Gasteiger charge is -2.28. The minimum Gasteiger partial charge on any atom is -0.331 e. The smallest absolute Gasteiger partial charge is 0.319 e. The minimum absolute atomic E-state index is 0.00676. The predicted molar refractivity (Wildman–Crippen MR) is 50.0 cm³/mol. The highest BCUT2D eigenvalue weighted by Gasteiger charge is 2.17. The molecule has 0 saturated heterocycles. The van der Waals surface area contributed by atoms with Gasteiger partial charge in [-0.25, -0.2) is 4.79 Å². The quantitative estimate of drug-likeness (QED) is 0.669. The van der Waals surface area contributed by atoms with Gasteiger partial charge in [0, 0.05) is 33.7 Å². The van der Waals surface area contributed by atoms with Crippen molar-refractivity contribution in [2.75, 3.05) is 27.7 Å². The van der Waals surface area contributed by atoms with Crippen molar-refractivity contribution >= 4 is 6.03 Å². The first-order valence-corrected chi connectivity index (χ1v) is 4.18. The molecule has 0 aliphatic rings. The second-order valence-electron chi connectivity index (χ2n) is 3.09. The van der Waals surface area contributed by atoms with E-state index in [9.17, 15) is 4.79 Å². The summed E-state index contributed by atoms with van der Waals surface area (Å²) in [5.41, 5.74) is 5.51. The van der Waals surface area contributed by atoms with Crippen molar-refractivity contribution in [3.8, 4) is 0 Å². The molecular weight excluding hydrogens is 154 g/mol. The lowest BCUT2D eigenvalue weighted by atomic mass is 10.2. The van der Waals surface area contributed by atoms with Crippen LogP contribution in [0.3, 0.4) is 0 Å². The molecule has 0 rings (SSSR count). The number of urea groups is 1. The van der Waals surface area contributed by atoms with E-state index in [1.165, 1.54) is 0 Å². The Labute approximate surface area is 74.3 Å². The van der Waals surface area contributed by atoms with Gasteiger partial charge in [-0.2, -0.15) is 0 Å². The van der Waals surface area contributed by atoms with Crippen molar-refractivity contribution in [3.63, 3.8) is 0 Å². The topological polar surface area (TPSA) is 49.6 Å². The molecule has 0 bridgehead atoms. The van der Waals surface area contributed by atoms with E-state index in [0.29, 0.717) is 6.54 Å². The molecule has 1 atom stereocenters. The minimum atomic E-state index is 0.00676. The summed E-state index contributed by atoms with van der Waals surface area (Å²) in [4.78, 5) is 14.6. The van der Waals surface area contributed by atoms with Gasteiger partial charge in [0.1, 0.15) is 0 Å². The summed E-state index contributed by atoms with van der Waals surface area (Å²) in [6.45, 7) is 2.55. The number of nitrogens with two attached hydrogens (primary N) is 1. The maximum atomic E-state index is 11.4. The molecule has 0 aliphatic heterocycles. The number of amides is 2. The zero-order chi connectivity index (χ0) is 9.72. The van der Waals surface area contributed by atoms with Crippen LogP contribution >= 0.6 is 0 Å². The van der Waals surface area contributed by atoms with E-state index < -0.39 is 0 Å². The van der Waals surface area contributed by atoms with Crippen LogP contribution < -0.4 is 5.73 Å². The van der Waals surface area contributed by atoms with E-state index >= 15 is 0 Å². The third kappa shape index (κ3) is 2.70. The van der Waals surface area contributed by atoms with Crippen molar-refractivity contribution < 1.29 is 4.79 Å². The first-order valence-electron chi connectivity index (χ1n) is 4.18. The molecule has 2 amide bonds. The third-order valence-electron chi connectivity index (χ3n) is 1.98. The van der Waals surface area contributed by atoms with Gasteiger partial charge in [-0.15, -0.1) is 0 Å². The molecule has 12 heavy (non-hydrogen) atoms. The van der Waals surface area contributed by atoms with Crippen LogP contribution in [-0.2, 0) is 0 Å². The average Bonchev–Trinajstić information content (AvgIpc) is 2.05. The van der Waals surface area contributed by atoms with E-state index in [0.717, 1.165) is 6.42 Å². The number of nitrogens with zero attached hydrogens (tertiary/aromatic N) is 2. The van der Waals surface area contributed by atoms with Crippen LogP contribution in [0.4, 0.5) is 4.79 Å². The maximum Gasteiger partial charge on any atom is 0.319 e. The van der Waals surface area contributed by atoms with Crippen molar-refractivity contribution in [3.05, 3.63) is 0 Å². The number of hydrogen-bond donors (Lipinski definition) is 1. The van der Waals surface area contributed by atoms with Gasteiger partial charge < -0.3 is 15.5 Å². The predicted octanol–water partition coefficient (Wildman–Crippen LogP) is 0.337. The SMILES string of the molecule is CCC(CN)N(C)C(=O)N(C)C. The number of rotatable bonds is 3. The van der Waals surface area contributed by atoms with Crippen LogP contribution in [0.5, 0.6) is 0 Å². The Kier molecular flexibility index (Phi) is 4.66. The number of carbonyl (C=O) groups excluding carboxylic acids is 1. The molecule has 0 aromatic rings. The van der Waals surface area contributed by atoms with Gasteiger partial charge >= 0.3 is 6.03 Å². The Morgan fingerprint density at radius 1 is 1.42 bits per heavy atom. The van der Waals surface area contributed by atoms with Gasteiger partial charge in [-0.1, -0.05) is 6.92 Å². The molecule has 0 saturated carbocycles. The van der Waals surface area contributed by atoms with Gasteiger partial charge in [-0.05, 0) is 6.42 Å². The summed E-state index contributed by atoms with van der Waals surface area (Å²) in [6, 6.07) is 0.159. The highest BCUT2D eigenvalue weighted by atomic mass is 16.2. The molecule has 2 N–H and O–H groups in total. The highest BCUT2D eigenvalue weighted by molar-refractivity contribution is 5.73. The normalized spacial score (nSPS) is 12.4. The molecule has 0 heterocycles. The van der Waals surface area contributed by atoms with E-state index in [1.54, 1.807) is 30.9 Å². The fourth-order valence-corrected chi connectivity index (χ4v) is 1.07. The van der Waals surface area contributed by atoms with Crippen LogP contribution in [0.2, 0.25) is 0 Å². The molecule has 0 radical (unpaired) electrons. The van der Waals surface area contributed by atoms with Gasteiger partial charge in [0.25, 0.3) is 0 Å². The number of carbonyl (C=O) groups is 1. The van der Waals surface area contributed by atoms with E-state index in [-0.39, 0.29) is 12.1 Å². The summed E-state index contributed by atoms with van der Waals surface area (Å²) in [5.74, 6) is 0. The van der Waals surface area contributed by atoms with Crippen molar-refractivity contribution in [2.24, 2.45) is 5.73 Å². The summed E-state index contributed by atoms with van der Waals surface area (Å²) >= 11 is 0. The Hall–Kier alpha value is -0.770. The molecule has 1 unspecified atom stereocenters. The molecule has 0 aromatic heterocycles. The molecule has 0 aliphatic carbocycles. The Morgan fingerprint density at radius 2 is 1.92 bits per heavy atom. The van der Waals surface area contributed by atoms with Gasteiger partial charge in [0.05, 0.1) is 0 Å². The lowest BCUT2D eigenvalue weighted by Crippen LogP contribution is -2.45. The fraction of sp³-hybridized carbons (Fsp3) is 0.875. The molecule has 0 aromatic carbocycles. The zero-order valence-corrected chi connectivity index (χ0v) is 8.37. The van der Waals surface area contributed by atoms with Crippen molar-refractivity contribution in [2.45, 2.75) is 19.4 Å². The number of likely N-dealkylation sites (N-methyl/N-ethyl adjacent to an activating group) is 1. The second kappa shape index (κ2) is 4.98. The average molecular weight is 173 g/mol. The molecule has 0 fully saturated rings. The molecule has 72 valence electrons. The standard InChI is InChI=1S/C8H19N3O/c1-5-7(6-9)11(4)8(12)10(2)3/h7H,5-6,9H2,1-4H3. The molecule has 0 spiro atoms. The van der Waals surface area contributed by atoms with Crippen molar-refractivity contribution in [1.82, 2.24) is 9.80 Å². The second-order valence-corrected chi connectivity index (χ2v) is 3.09. The first kappa shape index (κ1) is 11.2. The van der Waals surface area contributed by atoms with Gasteiger partial charge in [0.15, 0.2) is 0 Å². The molecular formula is C8H19N3O. The monoisotopic (exact) mass is 173 g/mol. The van der Waals surface area contributed by atoms with Gasteiger partial charge in [0.2, 0.25) is 0 Å². The maximum absolute atomic E-state index is 11.4. The van der Waals surface area contributed by atoms with Crippen LogP contribution in [0.1, 0.15) is 13.3 Å². The Bertz CT molecular complexity index is 143. The highest BCUT2D eigenvalue weighted by Crippen LogP contribution is 2.01. The van der Waals surface area contributed by atoms with Crippen LogP contribution in [-0.4, -0.2) is 49.6 Å².